The lowest BCUT2D eigenvalue weighted by atomic mass is 10.1. The van der Waals surface area contributed by atoms with Crippen LogP contribution in [0.25, 0.3) is 0 Å². The number of hydrogen-bond donors (Lipinski definition) is 1. The molecule has 1 heterocycles. The van der Waals surface area contributed by atoms with Crippen LogP contribution in [-0.4, -0.2) is 12.1 Å². The summed E-state index contributed by atoms with van der Waals surface area (Å²) >= 11 is 6.19. The minimum Gasteiger partial charge on any atom is -0.496 e. The number of hydrogen-bond acceptors (Lipinski definition) is 3. The third kappa shape index (κ3) is 3.46. The summed E-state index contributed by atoms with van der Waals surface area (Å²) in [5, 5.41) is 4.10. The third-order valence-corrected chi connectivity index (χ3v) is 3.40. The fraction of sp³-hybridized carbons (Fsp3) is 0.267. The molecule has 1 aromatic carbocycles. The highest BCUT2D eigenvalue weighted by Gasteiger charge is 2.07. The van der Waals surface area contributed by atoms with Crippen molar-refractivity contribution >= 4 is 11.6 Å². The average Bonchev–Trinajstić information content (AvgIpc) is 2.42. The Morgan fingerprint density at radius 3 is 2.84 bits per heavy atom. The Hall–Kier alpha value is -1.58. The first kappa shape index (κ1) is 13.8. The number of ether oxygens (including phenoxy) is 1. The van der Waals surface area contributed by atoms with Gasteiger partial charge in [0.1, 0.15) is 5.75 Å². The van der Waals surface area contributed by atoms with Crippen LogP contribution in [0.15, 0.2) is 36.7 Å². The molecule has 2 aromatic rings. The van der Waals surface area contributed by atoms with Crippen LogP contribution in [0.3, 0.4) is 0 Å². The molecule has 2 rings (SSSR count). The maximum Gasteiger partial charge on any atom is 0.124 e. The molecule has 3 nitrogen and oxygen atoms in total. The molecule has 0 radical (unpaired) electrons. The molecule has 1 aromatic heterocycles. The summed E-state index contributed by atoms with van der Waals surface area (Å²) in [7, 11) is 1.65. The predicted molar refractivity (Wildman–Crippen MR) is 77.5 cm³/mol. The fourth-order valence-corrected chi connectivity index (χ4v) is 2.16. The Balaban J connectivity index is 2.02. The van der Waals surface area contributed by atoms with Crippen molar-refractivity contribution in [1.29, 1.82) is 0 Å². The number of halogens is 1. The number of nitrogens with zero attached hydrogens (tertiary/aromatic N) is 1. The second-order valence-corrected chi connectivity index (χ2v) is 4.73. The summed E-state index contributed by atoms with van der Waals surface area (Å²) in [6, 6.07) is 7.70. The second-order valence-electron chi connectivity index (χ2n) is 4.33. The summed E-state index contributed by atoms with van der Waals surface area (Å²) in [6.45, 7) is 3.51. The van der Waals surface area contributed by atoms with Gasteiger partial charge in [0, 0.05) is 36.1 Å². The van der Waals surface area contributed by atoms with Crippen molar-refractivity contribution < 1.29 is 4.74 Å². The quantitative estimate of drug-likeness (QED) is 0.909. The van der Waals surface area contributed by atoms with Crippen LogP contribution in [-0.2, 0) is 13.1 Å². The molecule has 0 aliphatic rings. The molecule has 0 bridgehead atoms. The van der Waals surface area contributed by atoms with E-state index in [0.29, 0.717) is 6.54 Å². The minimum absolute atomic E-state index is 0.671. The standard InChI is InChI=1S/C15H17ClN2O/c1-11-8-17-7-6-12(11)9-18-10-13-14(16)4-3-5-15(13)19-2/h3-8,18H,9-10H2,1-2H3. The molecule has 0 amide bonds. The number of nitrogens with one attached hydrogen (secondary N) is 1. The Labute approximate surface area is 118 Å². The van der Waals surface area contributed by atoms with Crippen LogP contribution >= 0.6 is 11.6 Å². The molecule has 0 saturated carbocycles. The predicted octanol–water partition coefficient (Wildman–Crippen LogP) is 3.34. The van der Waals surface area contributed by atoms with E-state index in [2.05, 4.69) is 17.2 Å². The zero-order valence-electron chi connectivity index (χ0n) is 11.1. The molecule has 0 unspecified atom stereocenters. The number of aromatic nitrogens is 1. The lowest BCUT2D eigenvalue weighted by Crippen LogP contribution is -2.14. The monoisotopic (exact) mass is 276 g/mol. The van der Waals surface area contributed by atoms with E-state index in [4.69, 9.17) is 16.3 Å². The summed E-state index contributed by atoms with van der Waals surface area (Å²) in [5.41, 5.74) is 3.40. The van der Waals surface area contributed by atoms with Crippen molar-refractivity contribution in [3.05, 3.63) is 58.4 Å². The first-order valence-electron chi connectivity index (χ1n) is 6.14. The molecule has 1 N–H and O–H groups in total. The third-order valence-electron chi connectivity index (χ3n) is 3.05. The van der Waals surface area contributed by atoms with Crippen molar-refractivity contribution in [1.82, 2.24) is 10.3 Å². The van der Waals surface area contributed by atoms with Crippen LogP contribution in [0.2, 0.25) is 5.02 Å². The molecule has 0 spiro atoms. The van der Waals surface area contributed by atoms with E-state index < -0.39 is 0 Å². The van der Waals surface area contributed by atoms with Gasteiger partial charge in [0.2, 0.25) is 0 Å². The summed E-state index contributed by atoms with van der Waals surface area (Å²) in [6.07, 6.45) is 3.67. The summed E-state index contributed by atoms with van der Waals surface area (Å²) in [4.78, 5) is 4.08. The fourth-order valence-electron chi connectivity index (χ4n) is 1.92. The molecular weight excluding hydrogens is 260 g/mol. The molecular formula is C15H17ClN2O. The van der Waals surface area contributed by atoms with Gasteiger partial charge in [-0.25, -0.2) is 0 Å². The molecule has 0 aliphatic heterocycles. The zero-order valence-corrected chi connectivity index (χ0v) is 11.9. The van der Waals surface area contributed by atoms with Crippen LogP contribution in [0, 0.1) is 6.92 Å². The zero-order chi connectivity index (χ0) is 13.7. The van der Waals surface area contributed by atoms with Gasteiger partial charge >= 0.3 is 0 Å². The van der Waals surface area contributed by atoms with Gasteiger partial charge in [-0.2, -0.15) is 0 Å². The van der Waals surface area contributed by atoms with Crippen molar-refractivity contribution in [3.8, 4) is 5.75 Å². The summed E-state index contributed by atoms with van der Waals surface area (Å²) in [5.74, 6) is 0.812. The number of pyridine rings is 1. The first-order valence-corrected chi connectivity index (χ1v) is 6.51. The van der Waals surface area contributed by atoms with E-state index in [-0.39, 0.29) is 0 Å². The molecule has 0 aliphatic carbocycles. The van der Waals surface area contributed by atoms with Gasteiger partial charge in [-0.3, -0.25) is 4.98 Å². The minimum atomic E-state index is 0.671. The number of benzene rings is 1. The number of rotatable bonds is 5. The molecule has 0 fully saturated rings. The Kier molecular flexibility index (Phi) is 4.77. The van der Waals surface area contributed by atoms with Crippen molar-refractivity contribution in [3.63, 3.8) is 0 Å². The topological polar surface area (TPSA) is 34.1 Å². The van der Waals surface area contributed by atoms with E-state index in [9.17, 15) is 0 Å². The van der Waals surface area contributed by atoms with Crippen molar-refractivity contribution in [2.75, 3.05) is 7.11 Å². The van der Waals surface area contributed by atoms with Crippen molar-refractivity contribution in [2.45, 2.75) is 20.0 Å². The smallest absolute Gasteiger partial charge is 0.124 e. The van der Waals surface area contributed by atoms with Crippen LogP contribution < -0.4 is 10.1 Å². The van der Waals surface area contributed by atoms with Gasteiger partial charge in [-0.1, -0.05) is 17.7 Å². The van der Waals surface area contributed by atoms with E-state index in [1.807, 2.05) is 30.5 Å². The Morgan fingerprint density at radius 1 is 1.26 bits per heavy atom. The highest BCUT2D eigenvalue weighted by Crippen LogP contribution is 2.25. The number of aryl methyl sites for hydroxylation is 1. The lowest BCUT2D eigenvalue weighted by Gasteiger charge is -2.12. The number of methoxy groups -OCH3 is 1. The van der Waals surface area contributed by atoms with Crippen LogP contribution in [0.1, 0.15) is 16.7 Å². The van der Waals surface area contributed by atoms with Crippen LogP contribution in [0.4, 0.5) is 0 Å². The van der Waals surface area contributed by atoms with Crippen molar-refractivity contribution in [2.24, 2.45) is 0 Å². The van der Waals surface area contributed by atoms with E-state index in [0.717, 1.165) is 22.9 Å². The van der Waals surface area contributed by atoms with Gasteiger partial charge in [0.05, 0.1) is 7.11 Å². The Morgan fingerprint density at radius 2 is 2.11 bits per heavy atom. The SMILES string of the molecule is COc1cccc(Cl)c1CNCc1ccncc1C. The van der Waals surface area contributed by atoms with E-state index >= 15 is 0 Å². The van der Waals surface area contributed by atoms with Gasteiger partial charge < -0.3 is 10.1 Å². The molecule has 0 atom stereocenters. The van der Waals surface area contributed by atoms with Gasteiger partial charge in [0.25, 0.3) is 0 Å². The highest BCUT2D eigenvalue weighted by atomic mass is 35.5. The van der Waals surface area contributed by atoms with Gasteiger partial charge in [0.15, 0.2) is 0 Å². The largest absolute Gasteiger partial charge is 0.496 e. The maximum absolute atomic E-state index is 6.19. The summed E-state index contributed by atoms with van der Waals surface area (Å²) < 4.78 is 5.32. The molecule has 100 valence electrons. The van der Waals surface area contributed by atoms with E-state index in [1.165, 1.54) is 11.1 Å². The second kappa shape index (κ2) is 6.55. The molecule has 4 heteroatoms. The first-order chi connectivity index (χ1) is 9.22. The van der Waals surface area contributed by atoms with E-state index in [1.54, 1.807) is 13.3 Å². The molecule has 0 saturated heterocycles. The van der Waals surface area contributed by atoms with Gasteiger partial charge in [-0.05, 0) is 36.2 Å². The highest BCUT2D eigenvalue weighted by molar-refractivity contribution is 6.31. The average molecular weight is 277 g/mol. The lowest BCUT2D eigenvalue weighted by molar-refractivity contribution is 0.407. The molecule has 19 heavy (non-hydrogen) atoms. The van der Waals surface area contributed by atoms with Gasteiger partial charge in [-0.15, -0.1) is 0 Å². The van der Waals surface area contributed by atoms with Crippen LogP contribution in [0.5, 0.6) is 5.75 Å². The Bertz CT molecular complexity index is 558. The maximum atomic E-state index is 6.19. The normalized spacial score (nSPS) is 10.5.